The lowest BCUT2D eigenvalue weighted by Crippen LogP contribution is -2.45. The van der Waals surface area contributed by atoms with Gasteiger partial charge in [0.25, 0.3) is 0 Å². The molecular formula is C19H21F3N2O3. The molecule has 8 heteroatoms. The van der Waals surface area contributed by atoms with E-state index in [1.165, 1.54) is 12.1 Å². The highest BCUT2D eigenvalue weighted by molar-refractivity contribution is 5.46. The van der Waals surface area contributed by atoms with Gasteiger partial charge in [-0.1, -0.05) is 12.1 Å². The summed E-state index contributed by atoms with van der Waals surface area (Å²) in [7, 11) is 1.54. The van der Waals surface area contributed by atoms with Crippen molar-refractivity contribution >= 4 is 0 Å². The molecule has 27 heavy (non-hydrogen) atoms. The fourth-order valence-corrected chi connectivity index (χ4v) is 3.26. The number of phenolic OH excluding ortho intramolecular Hbond substituents is 1. The molecule has 0 aliphatic carbocycles. The van der Waals surface area contributed by atoms with E-state index in [1.807, 2.05) is 0 Å². The average molecular weight is 382 g/mol. The standard InChI is InChI=1S/C19H21F3N2O3/c1-26-15-6-7-17(25)16(12-15)18(24-10-8-23-9-11-24)13-2-4-14(5-3-13)27-19(20,21)22/h2-7,12,18,23,25H,8-11H2,1H3/t18-/m1/s1. The van der Waals surface area contributed by atoms with Crippen LogP contribution in [0.2, 0.25) is 0 Å². The molecule has 0 spiro atoms. The number of methoxy groups -OCH3 is 1. The van der Waals surface area contributed by atoms with Gasteiger partial charge >= 0.3 is 6.36 Å². The van der Waals surface area contributed by atoms with E-state index in [9.17, 15) is 18.3 Å². The van der Waals surface area contributed by atoms with Crippen molar-refractivity contribution in [2.45, 2.75) is 12.4 Å². The summed E-state index contributed by atoms with van der Waals surface area (Å²) in [5.74, 6) is 0.426. The van der Waals surface area contributed by atoms with Gasteiger partial charge in [0.05, 0.1) is 13.2 Å². The molecule has 0 aromatic heterocycles. The smallest absolute Gasteiger partial charge is 0.508 e. The molecule has 0 saturated carbocycles. The predicted octanol–water partition coefficient (Wildman–Crippen LogP) is 3.29. The second kappa shape index (κ2) is 8.06. The number of rotatable bonds is 5. The lowest BCUT2D eigenvalue weighted by Gasteiger charge is -2.36. The number of nitrogens with one attached hydrogen (secondary N) is 1. The number of halogens is 3. The summed E-state index contributed by atoms with van der Waals surface area (Å²) in [6, 6.07) is 10.4. The van der Waals surface area contributed by atoms with Gasteiger partial charge in [0.15, 0.2) is 0 Å². The van der Waals surface area contributed by atoms with Crippen LogP contribution in [0.3, 0.4) is 0 Å². The van der Waals surface area contributed by atoms with Crippen LogP contribution < -0.4 is 14.8 Å². The second-order valence-corrected chi connectivity index (χ2v) is 6.23. The van der Waals surface area contributed by atoms with Crippen LogP contribution >= 0.6 is 0 Å². The molecule has 0 unspecified atom stereocenters. The number of alkyl halides is 3. The lowest BCUT2D eigenvalue weighted by molar-refractivity contribution is -0.274. The van der Waals surface area contributed by atoms with Crippen LogP contribution in [0.4, 0.5) is 13.2 Å². The van der Waals surface area contributed by atoms with E-state index in [1.54, 1.807) is 37.4 Å². The Labute approximate surface area is 155 Å². The molecule has 1 aliphatic rings. The Hall–Kier alpha value is -2.45. The summed E-state index contributed by atoms with van der Waals surface area (Å²) < 4.78 is 46.4. The molecule has 0 bridgehead atoms. The zero-order chi connectivity index (χ0) is 19.4. The van der Waals surface area contributed by atoms with Crippen molar-refractivity contribution in [3.05, 3.63) is 53.6 Å². The third-order valence-electron chi connectivity index (χ3n) is 4.48. The van der Waals surface area contributed by atoms with Crippen molar-refractivity contribution in [3.8, 4) is 17.2 Å². The monoisotopic (exact) mass is 382 g/mol. The highest BCUT2D eigenvalue weighted by Gasteiger charge is 2.31. The Balaban J connectivity index is 1.97. The fraction of sp³-hybridized carbons (Fsp3) is 0.368. The minimum absolute atomic E-state index is 0.106. The Kier molecular flexibility index (Phi) is 5.76. The van der Waals surface area contributed by atoms with Gasteiger partial charge in [-0.25, -0.2) is 0 Å². The third-order valence-corrected chi connectivity index (χ3v) is 4.48. The summed E-state index contributed by atoms with van der Waals surface area (Å²) in [5, 5.41) is 13.7. The number of benzene rings is 2. The van der Waals surface area contributed by atoms with Crippen molar-refractivity contribution in [2.75, 3.05) is 33.3 Å². The van der Waals surface area contributed by atoms with Crippen LogP contribution in [0.15, 0.2) is 42.5 Å². The van der Waals surface area contributed by atoms with Crippen molar-refractivity contribution in [3.63, 3.8) is 0 Å². The number of aromatic hydroxyl groups is 1. The number of ether oxygens (including phenoxy) is 2. The van der Waals surface area contributed by atoms with Gasteiger partial charge in [-0.15, -0.1) is 13.2 Å². The van der Waals surface area contributed by atoms with E-state index < -0.39 is 6.36 Å². The highest BCUT2D eigenvalue weighted by atomic mass is 19.4. The first-order valence-corrected chi connectivity index (χ1v) is 8.55. The molecule has 5 nitrogen and oxygen atoms in total. The maximum Gasteiger partial charge on any atom is 0.573 e. The van der Waals surface area contributed by atoms with Crippen LogP contribution in [-0.4, -0.2) is 49.7 Å². The van der Waals surface area contributed by atoms with Gasteiger partial charge in [-0.3, -0.25) is 4.90 Å². The van der Waals surface area contributed by atoms with Gasteiger partial charge in [0, 0.05) is 31.7 Å². The normalized spacial score (nSPS) is 16.7. The molecule has 2 aromatic rings. The molecule has 2 aromatic carbocycles. The van der Waals surface area contributed by atoms with Crippen LogP contribution in [0, 0.1) is 0 Å². The van der Waals surface area contributed by atoms with Crippen LogP contribution in [0.25, 0.3) is 0 Å². The zero-order valence-electron chi connectivity index (χ0n) is 14.8. The summed E-state index contributed by atoms with van der Waals surface area (Å²) in [5.41, 5.74) is 1.40. The minimum Gasteiger partial charge on any atom is -0.508 e. The van der Waals surface area contributed by atoms with Crippen molar-refractivity contribution < 1.29 is 27.8 Å². The molecule has 146 valence electrons. The first kappa shape index (κ1) is 19.3. The summed E-state index contributed by atoms with van der Waals surface area (Å²) in [6.07, 6.45) is -4.73. The van der Waals surface area contributed by atoms with E-state index in [0.717, 1.165) is 31.7 Å². The molecule has 1 aliphatic heterocycles. The highest BCUT2D eigenvalue weighted by Crippen LogP contribution is 2.37. The average Bonchev–Trinajstić information content (AvgIpc) is 2.64. The fourth-order valence-electron chi connectivity index (χ4n) is 3.26. The maximum absolute atomic E-state index is 12.4. The topological polar surface area (TPSA) is 54.0 Å². The summed E-state index contributed by atoms with van der Waals surface area (Å²) in [4.78, 5) is 2.17. The number of piperazine rings is 1. The van der Waals surface area contributed by atoms with Gasteiger partial charge < -0.3 is 19.9 Å². The number of nitrogens with zero attached hydrogens (tertiary/aromatic N) is 1. The van der Waals surface area contributed by atoms with Gasteiger partial charge in [-0.2, -0.15) is 0 Å². The van der Waals surface area contributed by atoms with Gasteiger partial charge in [-0.05, 0) is 35.9 Å². The number of hydrogen-bond acceptors (Lipinski definition) is 5. The van der Waals surface area contributed by atoms with Crippen molar-refractivity contribution in [2.24, 2.45) is 0 Å². The number of hydrogen-bond donors (Lipinski definition) is 2. The summed E-state index contributed by atoms with van der Waals surface area (Å²) >= 11 is 0. The van der Waals surface area contributed by atoms with Gasteiger partial charge in [0.1, 0.15) is 17.2 Å². The molecule has 3 rings (SSSR count). The SMILES string of the molecule is COc1ccc(O)c([C@@H](c2ccc(OC(F)(F)F)cc2)N2CCNCC2)c1. The Bertz CT molecular complexity index is 760. The predicted molar refractivity (Wildman–Crippen MR) is 94.1 cm³/mol. The molecule has 0 radical (unpaired) electrons. The maximum atomic E-state index is 12.4. The quantitative estimate of drug-likeness (QED) is 0.831. The molecule has 2 N–H and O–H groups in total. The van der Waals surface area contributed by atoms with Crippen LogP contribution in [0.1, 0.15) is 17.2 Å². The Morgan fingerprint density at radius 2 is 1.67 bits per heavy atom. The molecule has 1 fully saturated rings. The van der Waals surface area contributed by atoms with E-state index in [2.05, 4.69) is 15.0 Å². The van der Waals surface area contributed by atoms with Crippen molar-refractivity contribution in [1.82, 2.24) is 10.2 Å². The third kappa shape index (κ3) is 4.84. The van der Waals surface area contributed by atoms with Crippen LogP contribution in [0.5, 0.6) is 17.2 Å². The molecule has 0 amide bonds. The molecule has 1 atom stereocenters. The van der Waals surface area contributed by atoms with Crippen LogP contribution in [-0.2, 0) is 0 Å². The first-order valence-electron chi connectivity index (χ1n) is 8.55. The molecule has 1 heterocycles. The summed E-state index contributed by atoms with van der Waals surface area (Å²) in [6.45, 7) is 3.05. The minimum atomic E-state index is -4.73. The lowest BCUT2D eigenvalue weighted by atomic mass is 9.95. The molecule has 1 saturated heterocycles. The van der Waals surface area contributed by atoms with Gasteiger partial charge in [0.2, 0.25) is 0 Å². The van der Waals surface area contributed by atoms with E-state index in [4.69, 9.17) is 4.74 Å². The zero-order valence-corrected chi connectivity index (χ0v) is 14.8. The molecular weight excluding hydrogens is 361 g/mol. The second-order valence-electron chi connectivity index (χ2n) is 6.23. The Morgan fingerprint density at radius 1 is 1.04 bits per heavy atom. The largest absolute Gasteiger partial charge is 0.573 e. The van der Waals surface area contributed by atoms with E-state index >= 15 is 0 Å². The first-order chi connectivity index (χ1) is 12.9. The Morgan fingerprint density at radius 3 is 2.26 bits per heavy atom. The van der Waals surface area contributed by atoms with Crippen molar-refractivity contribution in [1.29, 1.82) is 0 Å². The number of phenols is 1. The van der Waals surface area contributed by atoms with E-state index in [-0.39, 0.29) is 17.5 Å². The van der Waals surface area contributed by atoms with E-state index in [0.29, 0.717) is 11.3 Å².